The highest BCUT2D eigenvalue weighted by molar-refractivity contribution is 7.15. The molecule has 4 rings (SSSR count). The number of anilines is 1. The highest BCUT2D eigenvalue weighted by Gasteiger charge is 2.18. The van der Waals surface area contributed by atoms with Crippen molar-refractivity contribution in [2.75, 3.05) is 38.2 Å². The number of hydrogen-bond acceptors (Lipinski definition) is 4. The molecule has 2 aromatic carbocycles. The molecule has 0 unspecified atom stereocenters. The maximum atomic E-state index is 12.5. The molecule has 0 radical (unpaired) electrons. The number of aryl methyl sites for hydroxylation is 3. The number of aromatic nitrogens is 1. The molecule has 1 amide bonds. The maximum Gasteiger partial charge on any atom is 0.279 e. The van der Waals surface area contributed by atoms with Crippen LogP contribution in [0, 0.1) is 20.8 Å². The lowest BCUT2D eigenvalue weighted by atomic mass is 10.0. The maximum absolute atomic E-state index is 12.5. The van der Waals surface area contributed by atoms with Crippen LogP contribution in [0.1, 0.15) is 16.0 Å². The number of amides is 1. The second kappa shape index (κ2) is 9.08. The first kappa shape index (κ1) is 20.7. The van der Waals surface area contributed by atoms with Crippen LogP contribution in [0.5, 0.6) is 0 Å². The fraction of sp³-hybridized carbons (Fsp3) is 0.333. The third-order valence-corrected chi connectivity index (χ3v) is 6.47. The summed E-state index contributed by atoms with van der Waals surface area (Å²) in [6, 6.07) is 14.4. The molecular formula is C24H28N3O2S+. The van der Waals surface area contributed by atoms with Crippen molar-refractivity contribution in [3.8, 4) is 21.8 Å². The van der Waals surface area contributed by atoms with Gasteiger partial charge in [0.15, 0.2) is 6.54 Å². The van der Waals surface area contributed by atoms with Crippen LogP contribution < -0.4 is 10.2 Å². The van der Waals surface area contributed by atoms with Gasteiger partial charge in [0, 0.05) is 21.7 Å². The third kappa shape index (κ3) is 4.78. The van der Waals surface area contributed by atoms with Crippen molar-refractivity contribution in [3.63, 3.8) is 0 Å². The lowest BCUT2D eigenvalue weighted by Gasteiger charge is -2.23. The summed E-state index contributed by atoms with van der Waals surface area (Å²) in [6.07, 6.45) is 0. The van der Waals surface area contributed by atoms with E-state index in [-0.39, 0.29) is 5.91 Å². The van der Waals surface area contributed by atoms with Crippen molar-refractivity contribution in [2.24, 2.45) is 0 Å². The molecule has 1 saturated heterocycles. The van der Waals surface area contributed by atoms with Crippen molar-refractivity contribution in [3.05, 3.63) is 58.5 Å². The van der Waals surface area contributed by atoms with Crippen LogP contribution in [0.25, 0.3) is 21.8 Å². The number of quaternary nitrogens is 1. The van der Waals surface area contributed by atoms with Gasteiger partial charge in [-0.15, -0.1) is 11.3 Å². The molecule has 0 atom stereocenters. The number of rotatable bonds is 5. The van der Waals surface area contributed by atoms with E-state index in [1.807, 2.05) is 24.3 Å². The van der Waals surface area contributed by atoms with Gasteiger partial charge in [-0.05, 0) is 44.5 Å². The lowest BCUT2D eigenvalue weighted by Crippen LogP contribution is -3.15. The monoisotopic (exact) mass is 422 g/mol. The molecule has 2 heterocycles. The summed E-state index contributed by atoms with van der Waals surface area (Å²) in [5.41, 5.74) is 6.53. The van der Waals surface area contributed by atoms with E-state index in [4.69, 9.17) is 9.72 Å². The zero-order valence-electron chi connectivity index (χ0n) is 17.7. The fourth-order valence-corrected chi connectivity index (χ4v) is 4.68. The van der Waals surface area contributed by atoms with Crippen LogP contribution >= 0.6 is 11.3 Å². The molecule has 0 spiro atoms. The lowest BCUT2D eigenvalue weighted by molar-refractivity contribution is -0.899. The van der Waals surface area contributed by atoms with Crippen molar-refractivity contribution >= 4 is 22.9 Å². The number of benzene rings is 2. The summed E-state index contributed by atoms with van der Waals surface area (Å²) in [5.74, 6) is 0.0374. The number of carbonyl (C=O) groups is 1. The normalized spacial score (nSPS) is 14.6. The van der Waals surface area contributed by atoms with E-state index in [1.165, 1.54) is 26.5 Å². The SMILES string of the molecule is Cc1ccc(C)c(-c2nc(-c3cccc(NC(=O)C[NH+]4CCOCC4)c3)sc2C)c1. The van der Waals surface area contributed by atoms with Gasteiger partial charge in [-0.2, -0.15) is 0 Å². The van der Waals surface area contributed by atoms with E-state index < -0.39 is 0 Å². The van der Waals surface area contributed by atoms with Crippen LogP contribution in [0.4, 0.5) is 5.69 Å². The van der Waals surface area contributed by atoms with Crippen LogP contribution in [0.15, 0.2) is 42.5 Å². The Kier molecular flexibility index (Phi) is 6.27. The first-order valence-electron chi connectivity index (χ1n) is 10.4. The molecule has 5 nitrogen and oxygen atoms in total. The van der Waals surface area contributed by atoms with E-state index in [1.54, 1.807) is 11.3 Å². The van der Waals surface area contributed by atoms with Crippen LogP contribution in [-0.4, -0.2) is 43.7 Å². The van der Waals surface area contributed by atoms with Gasteiger partial charge in [-0.25, -0.2) is 4.98 Å². The highest BCUT2D eigenvalue weighted by atomic mass is 32.1. The third-order valence-electron chi connectivity index (χ3n) is 5.45. The Morgan fingerprint density at radius 2 is 1.93 bits per heavy atom. The summed E-state index contributed by atoms with van der Waals surface area (Å²) >= 11 is 1.69. The molecule has 0 saturated carbocycles. The summed E-state index contributed by atoms with van der Waals surface area (Å²) < 4.78 is 5.36. The van der Waals surface area contributed by atoms with Gasteiger partial charge in [0.05, 0.1) is 18.9 Å². The number of morpholine rings is 1. The molecule has 1 fully saturated rings. The van der Waals surface area contributed by atoms with Gasteiger partial charge in [-0.1, -0.05) is 29.8 Å². The summed E-state index contributed by atoms with van der Waals surface area (Å²) in [6.45, 7) is 10.0. The average Bonchev–Trinajstić information content (AvgIpc) is 3.12. The Balaban J connectivity index is 1.52. The molecule has 0 bridgehead atoms. The number of nitrogens with one attached hydrogen (secondary N) is 2. The van der Waals surface area contributed by atoms with Crippen LogP contribution in [0.2, 0.25) is 0 Å². The fourth-order valence-electron chi connectivity index (χ4n) is 3.76. The van der Waals surface area contributed by atoms with Crippen LogP contribution in [0.3, 0.4) is 0 Å². The first-order valence-corrected chi connectivity index (χ1v) is 11.2. The number of carbonyl (C=O) groups excluding carboxylic acids is 1. The van der Waals surface area contributed by atoms with Gasteiger partial charge >= 0.3 is 0 Å². The molecule has 0 aliphatic carbocycles. The number of ether oxygens (including phenoxy) is 1. The van der Waals surface area contributed by atoms with E-state index in [2.05, 4.69) is 44.3 Å². The van der Waals surface area contributed by atoms with Crippen molar-refractivity contribution in [2.45, 2.75) is 20.8 Å². The molecule has 2 N–H and O–H groups in total. The smallest absolute Gasteiger partial charge is 0.279 e. The van der Waals surface area contributed by atoms with E-state index in [0.29, 0.717) is 6.54 Å². The highest BCUT2D eigenvalue weighted by Crippen LogP contribution is 2.35. The largest absolute Gasteiger partial charge is 0.370 e. The Morgan fingerprint density at radius 1 is 1.13 bits per heavy atom. The quantitative estimate of drug-likeness (QED) is 0.664. The number of nitrogens with zero attached hydrogens (tertiary/aromatic N) is 1. The van der Waals surface area contributed by atoms with Crippen molar-refractivity contribution in [1.82, 2.24) is 4.98 Å². The minimum absolute atomic E-state index is 0.0374. The van der Waals surface area contributed by atoms with Crippen molar-refractivity contribution in [1.29, 1.82) is 0 Å². The van der Waals surface area contributed by atoms with Gasteiger partial charge in [-0.3, -0.25) is 4.79 Å². The molecule has 1 aliphatic rings. The Labute approximate surface area is 181 Å². The first-order chi connectivity index (χ1) is 14.5. The van der Waals surface area contributed by atoms with Crippen LogP contribution in [-0.2, 0) is 9.53 Å². The van der Waals surface area contributed by atoms with Gasteiger partial charge in [0.25, 0.3) is 5.91 Å². The molecule has 6 heteroatoms. The second-order valence-electron chi connectivity index (χ2n) is 7.91. The van der Waals surface area contributed by atoms with Crippen molar-refractivity contribution < 1.29 is 14.4 Å². The zero-order chi connectivity index (χ0) is 21.1. The molecular weight excluding hydrogens is 394 g/mol. The molecule has 156 valence electrons. The Morgan fingerprint density at radius 3 is 2.73 bits per heavy atom. The summed E-state index contributed by atoms with van der Waals surface area (Å²) in [4.78, 5) is 19.9. The minimum atomic E-state index is 0.0374. The van der Waals surface area contributed by atoms with Gasteiger partial charge in [0.2, 0.25) is 0 Å². The number of thiazole rings is 1. The predicted molar refractivity (Wildman–Crippen MR) is 122 cm³/mol. The zero-order valence-corrected chi connectivity index (χ0v) is 18.6. The molecule has 3 aromatic rings. The number of hydrogen-bond donors (Lipinski definition) is 2. The summed E-state index contributed by atoms with van der Waals surface area (Å²) in [7, 11) is 0. The topological polar surface area (TPSA) is 55.7 Å². The van der Waals surface area contributed by atoms with Gasteiger partial charge < -0.3 is 15.0 Å². The average molecular weight is 423 g/mol. The Hall–Kier alpha value is -2.54. The van der Waals surface area contributed by atoms with Gasteiger partial charge in [0.1, 0.15) is 18.1 Å². The van der Waals surface area contributed by atoms with E-state index in [0.717, 1.165) is 48.3 Å². The molecule has 30 heavy (non-hydrogen) atoms. The van der Waals surface area contributed by atoms with E-state index >= 15 is 0 Å². The molecule has 1 aromatic heterocycles. The standard InChI is InChI=1S/C24H27N3O2S/c1-16-7-8-17(2)21(13-16)23-18(3)30-24(26-23)19-5-4-6-20(14-19)25-22(28)15-27-9-11-29-12-10-27/h4-8,13-14H,9-12,15H2,1-3H3,(H,25,28)/p+1. The summed E-state index contributed by atoms with van der Waals surface area (Å²) in [5, 5.41) is 4.02. The van der Waals surface area contributed by atoms with E-state index in [9.17, 15) is 4.79 Å². The predicted octanol–water partition coefficient (Wildman–Crippen LogP) is 3.26. The molecule has 1 aliphatic heterocycles. The minimum Gasteiger partial charge on any atom is -0.370 e. The Bertz CT molecular complexity index is 1050. The second-order valence-corrected chi connectivity index (χ2v) is 9.11.